The Labute approximate surface area is 180 Å². The van der Waals surface area contributed by atoms with Crippen molar-refractivity contribution in [3.63, 3.8) is 0 Å². The number of hydrogen-bond acceptors (Lipinski definition) is 9. The molecule has 2 heterocycles. The zero-order valence-corrected chi connectivity index (χ0v) is 18.0. The van der Waals surface area contributed by atoms with Crippen LogP contribution in [0.15, 0.2) is 62.2 Å². The largest absolute Gasteiger partial charge is 0.495 e. The summed E-state index contributed by atoms with van der Waals surface area (Å²) in [6.45, 7) is 0. The standard InChI is InChI=1S/C18H15N5O4S3/c1-27-13-8-4-3-7-12(13)19-15(24)10-28-18-22-21-17(29-18)20-16-11-6-2-5-9-14(11)30(25,26)23-16/h2-9H,10H2,1H3,(H,19,24)(H,20,21,23). The average molecular weight is 462 g/mol. The maximum absolute atomic E-state index is 12.2. The van der Waals surface area contributed by atoms with E-state index in [9.17, 15) is 13.2 Å². The van der Waals surface area contributed by atoms with E-state index in [-0.39, 0.29) is 22.4 Å². The van der Waals surface area contributed by atoms with Gasteiger partial charge in [0.15, 0.2) is 10.2 Å². The Bertz CT molecular complexity index is 1240. The minimum atomic E-state index is -3.71. The lowest BCUT2D eigenvalue weighted by Gasteiger charge is -2.08. The molecule has 0 unspecified atom stereocenters. The van der Waals surface area contributed by atoms with Crippen LogP contribution in [0.4, 0.5) is 10.8 Å². The Morgan fingerprint density at radius 2 is 1.90 bits per heavy atom. The van der Waals surface area contributed by atoms with Crippen molar-refractivity contribution in [2.75, 3.05) is 23.5 Å². The lowest BCUT2D eigenvalue weighted by atomic mass is 10.2. The van der Waals surface area contributed by atoms with Crippen molar-refractivity contribution in [1.29, 1.82) is 0 Å². The molecule has 9 nitrogen and oxygen atoms in total. The minimum Gasteiger partial charge on any atom is -0.495 e. The topological polar surface area (TPSA) is 123 Å². The van der Waals surface area contributed by atoms with E-state index in [4.69, 9.17) is 4.74 Å². The van der Waals surface area contributed by atoms with Crippen LogP contribution < -0.4 is 15.4 Å². The van der Waals surface area contributed by atoms with Gasteiger partial charge in [0, 0.05) is 5.56 Å². The lowest BCUT2D eigenvalue weighted by molar-refractivity contribution is -0.113. The number of carbonyl (C=O) groups is 1. The van der Waals surface area contributed by atoms with Gasteiger partial charge in [0.2, 0.25) is 11.0 Å². The smallest absolute Gasteiger partial charge is 0.285 e. The van der Waals surface area contributed by atoms with Crippen molar-refractivity contribution < 1.29 is 17.9 Å². The number of para-hydroxylation sites is 2. The van der Waals surface area contributed by atoms with E-state index in [1.807, 2.05) is 6.07 Å². The molecule has 1 aliphatic heterocycles. The summed E-state index contributed by atoms with van der Waals surface area (Å²) in [4.78, 5) is 12.4. The minimum absolute atomic E-state index is 0.130. The van der Waals surface area contributed by atoms with Gasteiger partial charge in [0.25, 0.3) is 10.0 Å². The second-order valence-electron chi connectivity index (χ2n) is 5.95. The van der Waals surface area contributed by atoms with Gasteiger partial charge in [-0.1, -0.05) is 47.4 Å². The summed E-state index contributed by atoms with van der Waals surface area (Å²) in [5, 5.41) is 14.1. The van der Waals surface area contributed by atoms with Gasteiger partial charge in [-0.2, -0.15) is 8.42 Å². The molecule has 3 aromatic rings. The third-order valence-electron chi connectivity index (χ3n) is 3.97. The van der Waals surface area contributed by atoms with Crippen LogP contribution in [0.3, 0.4) is 0 Å². The Morgan fingerprint density at radius 1 is 1.13 bits per heavy atom. The molecule has 1 amide bonds. The number of rotatable bonds is 6. The number of hydrogen-bond donors (Lipinski definition) is 2. The number of thioether (sulfide) groups is 1. The number of ether oxygens (including phenoxy) is 1. The molecule has 1 aromatic heterocycles. The number of fused-ring (bicyclic) bond motifs is 1. The van der Waals surface area contributed by atoms with Gasteiger partial charge < -0.3 is 15.4 Å². The molecule has 0 radical (unpaired) electrons. The van der Waals surface area contributed by atoms with Crippen LogP contribution >= 0.6 is 23.1 Å². The molecule has 0 fully saturated rings. The van der Waals surface area contributed by atoms with Gasteiger partial charge >= 0.3 is 0 Å². The molecular weight excluding hydrogens is 446 g/mol. The van der Waals surface area contributed by atoms with Crippen LogP contribution in [0.5, 0.6) is 5.75 Å². The molecule has 4 rings (SSSR count). The van der Waals surface area contributed by atoms with Crippen molar-refractivity contribution in [1.82, 2.24) is 10.2 Å². The number of methoxy groups -OCH3 is 1. The molecule has 0 aliphatic carbocycles. The third kappa shape index (κ3) is 4.30. The highest BCUT2D eigenvalue weighted by molar-refractivity contribution is 8.01. The maximum atomic E-state index is 12.2. The SMILES string of the molecule is COc1ccccc1NC(=O)CSc1nnc(NC2=NS(=O)(=O)c3ccccc32)s1. The quantitative estimate of drug-likeness (QED) is 0.537. The van der Waals surface area contributed by atoms with Gasteiger partial charge in [-0.15, -0.1) is 14.6 Å². The number of nitrogens with one attached hydrogen (secondary N) is 2. The zero-order valence-electron chi connectivity index (χ0n) is 15.5. The third-order valence-corrected chi connectivity index (χ3v) is 7.28. The van der Waals surface area contributed by atoms with Gasteiger partial charge in [-0.3, -0.25) is 4.79 Å². The molecule has 0 saturated carbocycles. The zero-order chi connectivity index (χ0) is 21.1. The molecule has 0 atom stereocenters. The van der Waals surface area contributed by atoms with Crippen molar-refractivity contribution in [3.8, 4) is 5.75 Å². The normalized spacial score (nSPS) is 14.0. The first-order valence-electron chi connectivity index (χ1n) is 8.57. The molecule has 154 valence electrons. The number of benzene rings is 2. The first kappa shape index (κ1) is 20.3. The molecule has 2 N–H and O–H groups in total. The van der Waals surface area contributed by atoms with E-state index in [0.717, 1.165) is 0 Å². The molecule has 1 aliphatic rings. The monoisotopic (exact) mass is 461 g/mol. The van der Waals surface area contributed by atoms with Crippen molar-refractivity contribution >= 4 is 55.7 Å². The number of amidine groups is 1. The fourth-order valence-corrected chi connectivity index (χ4v) is 5.40. The van der Waals surface area contributed by atoms with Crippen LogP contribution in [0.1, 0.15) is 5.56 Å². The summed E-state index contributed by atoms with van der Waals surface area (Å²) >= 11 is 2.42. The van der Waals surface area contributed by atoms with Gasteiger partial charge in [-0.25, -0.2) is 0 Å². The number of amides is 1. The Morgan fingerprint density at radius 3 is 2.73 bits per heavy atom. The van der Waals surface area contributed by atoms with Crippen LogP contribution in [-0.4, -0.2) is 43.2 Å². The Kier molecular flexibility index (Phi) is 5.70. The summed E-state index contributed by atoms with van der Waals surface area (Å²) in [5.41, 5.74) is 1.07. The van der Waals surface area contributed by atoms with Crippen molar-refractivity contribution in [2.45, 2.75) is 9.24 Å². The van der Waals surface area contributed by atoms with Crippen LogP contribution in [-0.2, 0) is 14.8 Å². The number of carbonyl (C=O) groups excluding carboxylic acids is 1. The van der Waals surface area contributed by atoms with E-state index in [1.54, 1.807) is 36.4 Å². The van der Waals surface area contributed by atoms with Crippen LogP contribution in [0, 0.1) is 0 Å². The number of anilines is 2. The molecule has 30 heavy (non-hydrogen) atoms. The fourth-order valence-electron chi connectivity index (χ4n) is 2.68. The molecule has 2 aromatic carbocycles. The van der Waals surface area contributed by atoms with E-state index >= 15 is 0 Å². The van der Waals surface area contributed by atoms with E-state index in [2.05, 4.69) is 25.2 Å². The Hall–Kier alpha value is -2.96. The Balaban J connectivity index is 1.38. The van der Waals surface area contributed by atoms with Crippen molar-refractivity contribution in [3.05, 3.63) is 54.1 Å². The summed E-state index contributed by atoms with van der Waals surface area (Å²) in [5.74, 6) is 0.692. The van der Waals surface area contributed by atoms with Crippen LogP contribution in [0.25, 0.3) is 0 Å². The summed E-state index contributed by atoms with van der Waals surface area (Å²) in [6.07, 6.45) is 0. The van der Waals surface area contributed by atoms with E-state index in [0.29, 0.717) is 26.5 Å². The highest BCUT2D eigenvalue weighted by Crippen LogP contribution is 2.30. The number of nitrogens with zero attached hydrogens (tertiary/aromatic N) is 3. The molecule has 0 saturated heterocycles. The van der Waals surface area contributed by atoms with E-state index < -0.39 is 10.0 Å². The second kappa shape index (κ2) is 8.42. The molecule has 0 bridgehead atoms. The molecule has 0 spiro atoms. The predicted molar refractivity (Wildman–Crippen MR) is 116 cm³/mol. The van der Waals surface area contributed by atoms with E-state index in [1.165, 1.54) is 36.3 Å². The fraction of sp³-hybridized carbons (Fsp3) is 0.111. The molecular formula is C18H15N5O4S3. The van der Waals surface area contributed by atoms with Gasteiger partial charge in [0.05, 0.1) is 18.6 Å². The first-order chi connectivity index (χ1) is 14.5. The maximum Gasteiger partial charge on any atom is 0.285 e. The molecule has 12 heteroatoms. The number of aromatic nitrogens is 2. The average Bonchev–Trinajstić information content (AvgIpc) is 3.29. The summed E-state index contributed by atoms with van der Waals surface area (Å²) in [6, 6.07) is 13.7. The van der Waals surface area contributed by atoms with Gasteiger partial charge in [-0.05, 0) is 24.3 Å². The highest BCUT2D eigenvalue weighted by atomic mass is 32.2. The van der Waals surface area contributed by atoms with Gasteiger partial charge in [0.1, 0.15) is 10.6 Å². The highest BCUT2D eigenvalue weighted by Gasteiger charge is 2.29. The first-order valence-corrected chi connectivity index (χ1v) is 11.8. The number of sulfonamides is 1. The predicted octanol–water partition coefficient (Wildman–Crippen LogP) is 2.84. The van der Waals surface area contributed by atoms with Crippen LogP contribution in [0.2, 0.25) is 0 Å². The second-order valence-corrected chi connectivity index (χ2v) is 9.72. The summed E-state index contributed by atoms with van der Waals surface area (Å²) in [7, 11) is -2.18. The van der Waals surface area contributed by atoms with Crippen molar-refractivity contribution in [2.24, 2.45) is 4.40 Å². The summed E-state index contributed by atoms with van der Waals surface area (Å²) < 4.78 is 33.8. The lowest BCUT2D eigenvalue weighted by Crippen LogP contribution is -2.14.